The zero-order valence-electron chi connectivity index (χ0n) is 19.9. The molecular formula is C28H33FO5. The Hall–Kier alpha value is -1.89. The molecule has 1 saturated heterocycles. The van der Waals surface area contributed by atoms with Crippen LogP contribution in [-0.2, 0) is 24.8 Å². The average Bonchev–Trinajstić information content (AvgIpc) is 3.26. The maximum Gasteiger partial charge on any atom is 0.193 e. The lowest BCUT2D eigenvalue weighted by Gasteiger charge is -2.55. The van der Waals surface area contributed by atoms with E-state index in [1.165, 1.54) is 17.7 Å². The molecule has 6 heteroatoms. The summed E-state index contributed by atoms with van der Waals surface area (Å²) in [5.41, 5.74) is 0.319. The summed E-state index contributed by atoms with van der Waals surface area (Å²) < 4.78 is 26.8. The lowest BCUT2D eigenvalue weighted by Crippen LogP contribution is -2.60. The second-order valence-electron chi connectivity index (χ2n) is 11.5. The van der Waals surface area contributed by atoms with Crippen LogP contribution in [0.5, 0.6) is 0 Å². The van der Waals surface area contributed by atoms with E-state index in [9.17, 15) is 19.1 Å². The molecule has 4 aliphatic carbocycles. The molecule has 8 atom stereocenters. The van der Waals surface area contributed by atoms with E-state index in [2.05, 4.69) is 6.92 Å². The quantitative estimate of drug-likeness (QED) is 0.709. The third-order valence-corrected chi connectivity index (χ3v) is 10.1. The minimum atomic E-state index is -1.22. The normalized spacial score (nSPS) is 45.1. The van der Waals surface area contributed by atoms with E-state index in [1.807, 2.05) is 6.08 Å². The molecule has 1 heterocycles. The largest absolute Gasteiger partial charge is 0.388 e. The summed E-state index contributed by atoms with van der Waals surface area (Å²) in [5, 5.41) is 10.1. The van der Waals surface area contributed by atoms with Gasteiger partial charge in [-0.15, -0.1) is 0 Å². The number of rotatable bonds is 3. The molecule has 6 rings (SSSR count). The second-order valence-corrected chi connectivity index (χ2v) is 11.5. The number of fused-ring (bicyclic) bond motifs is 7. The predicted octanol–water partition coefficient (Wildman–Crippen LogP) is 4.47. The Morgan fingerprint density at radius 2 is 1.88 bits per heavy atom. The van der Waals surface area contributed by atoms with E-state index in [1.54, 1.807) is 19.1 Å². The van der Waals surface area contributed by atoms with Crippen LogP contribution in [-0.4, -0.2) is 35.0 Å². The van der Waals surface area contributed by atoms with Crippen molar-refractivity contribution in [2.45, 2.75) is 76.3 Å². The van der Waals surface area contributed by atoms with Gasteiger partial charge < -0.3 is 14.6 Å². The van der Waals surface area contributed by atoms with Crippen molar-refractivity contribution in [2.75, 3.05) is 6.61 Å². The zero-order chi connectivity index (χ0) is 23.9. The number of carbonyl (C=O) groups excluding carboxylic acids is 2. The summed E-state index contributed by atoms with van der Waals surface area (Å²) in [5.74, 6) is 0.122. The smallest absolute Gasteiger partial charge is 0.193 e. The first kappa shape index (κ1) is 22.6. The third-order valence-electron chi connectivity index (χ3n) is 10.1. The van der Waals surface area contributed by atoms with Gasteiger partial charge in [-0.2, -0.15) is 0 Å². The van der Waals surface area contributed by atoms with E-state index in [0.717, 1.165) is 32.1 Å². The van der Waals surface area contributed by atoms with Crippen LogP contribution in [0.3, 0.4) is 0 Å². The topological polar surface area (TPSA) is 72.8 Å². The van der Waals surface area contributed by atoms with Crippen LogP contribution < -0.4 is 0 Å². The van der Waals surface area contributed by atoms with E-state index in [0.29, 0.717) is 36.2 Å². The number of ketones is 2. The monoisotopic (exact) mass is 468 g/mol. The molecule has 182 valence electrons. The van der Waals surface area contributed by atoms with Gasteiger partial charge in [-0.25, -0.2) is 4.39 Å². The molecule has 0 amide bonds. The predicted molar refractivity (Wildman–Crippen MR) is 122 cm³/mol. The summed E-state index contributed by atoms with van der Waals surface area (Å²) in [6.07, 6.45) is 7.51. The Labute approximate surface area is 199 Å². The molecule has 1 aliphatic heterocycles. The summed E-state index contributed by atoms with van der Waals surface area (Å²) in [4.78, 5) is 25.5. The Bertz CT molecular complexity index is 1070. The van der Waals surface area contributed by atoms with Gasteiger partial charge in [0.25, 0.3) is 0 Å². The molecule has 5 nitrogen and oxygen atoms in total. The van der Waals surface area contributed by atoms with E-state index in [-0.39, 0.29) is 23.3 Å². The number of carbonyl (C=O) groups is 2. The van der Waals surface area contributed by atoms with E-state index in [4.69, 9.17) is 9.47 Å². The van der Waals surface area contributed by atoms with Crippen LogP contribution in [0, 0.1) is 34.9 Å². The summed E-state index contributed by atoms with van der Waals surface area (Å²) in [6.45, 7) is 3.37. The average molecular weight is 469 g/mol. The van der Waals surface area contributed by atoms with Gasteiger partial charge in [-0.1, -0.05) is 24.6 Å². The molecule has 1 aromatic rings. The molecule has 1 N–H and O–H groups in total. The highest BCUT2D eigenvalue weighted by molar-refractivity contribution is 5.92. The molecule has 4 fully saturated rings. The first-order valence-corrected chi connectivity index (χ1v) is 12.7. The van der Waals surface area contributed by atoms with Crippen molar-refractivity contribution in [1.82, 2.24) is 0 Å². The number of aliphatic hydroxyl groups excluding tert-OH is 1. The highest BCUT2D eigenvalue weighted by Gasteiger charge is 2.75. The second kappa shape index (κ2) is 7.55. The van der Waals surface area contributed by atoms with Gasteiger partial charge in [0.2, 0.25) is 0 Å². The van der Waals surface area contributed by atoms with Crippen LogP contribution in [0.15, 0.2) is 35.9 Å². The lowest BCUT2D eigenvalue weighted by atomic mass is 9.50. The fourth-order valence-electron chi connectivity index (χ4n) is 8.63. The highest BCUT2D eigenvalue weighted by Crippen LogP contribution is 2.69. The van der Waals surface area contributed by atoms with Crippen LogP contribution >= 0.6 is 0 Å². The molecule has 0 aromatic heterocycles. The van der Waals surface area contributed by atoms with Crippen molar-refractivity contribution in [3.05, 3.63) is 47.3 Å². The summed E-state index contributed by atoms with van der Waals surface area (Å²) in [7, 11) is 0. The zero-order valence-corrected chi connectivity index (χ0v) is 19.9. The van der Waals surface area contributed by atoms with Crippen LogP contribution in [0.1, 0.15) is 64.4 Å². The van der Waals surface area contributed by atoms with Gasteiger partial charge in [-0.05, 0) is 87.3 Å². The Morgan fingerprint density at radius 3 is 2.62 bits per heavy atom. The van der Waals surface area contributed by atoms with Crippen LogP contribution in [0.25, 0.3) is 0 Å². The number of ether oxygens (including phenoxy) is 2. The van der Waals surface area contributed by atoms with Gasteiger partial charge in [0.05, 0.1) is 6.10 Å². The number of aliphatic hydroxyl groups is 1. The molecule has 0 radical (unpaired) electrons. The molecule has 0 spiro atoms. The maximum absolute atomic E-state index is 13.6. The Morgan fingerprint density at radius 1 is 1.12 bits per heavy atom. The number of Topliss-reactive ketones (excluding diaryl/α,β-unsaturated/α-hetero) is 1. The van der Waals surface area contributed by atoms with Crippen molar-refractivity contribution in [3.8, 4) is 0 Å². The lowest BCUT2D eigenvalue weighted by molar-refractivity contribution is -0.228. The van der Waals surface area contributed by atoms with Crippen molar-refractivity contribution in [1.29, 1.82) is 0 Å². The van der Waals surface area contributed by atoms with Crippen molar-refractivity contribution < 1.29 is 28.6 Å². The van der Waals surface area contributed by atoms with Crippen LogP contribution in [0.4, 0.5) is 4.39 Å². The number of benzene rings is 1. The van der Waals surface area contributed by atoms with Crippen molar-refractivity contribution >= 4 is 11.6 Å². The van der Waals surface area contributed by atoms with E-state index < -0.39 is 29.5 Å². The third kappa shape index (κ3) is 2.88. The molecule has 3 saturated carbocycles. The van der Waals surface area contributed by atoms with Gasteiger partial charge in [-0.3, -0.25) is 9.59 Å². The van der Waals surface area contributed by atoms with Gasteiger partial charge in [0.1, 0.15) is 12.4 Å². The van der Waals surface area contributed by atoms with Crippen LogP contribution in [0.2, 0.25) is 0 Å². The molecule has 1 aromatic carbocycles. The van der Waals surface area contributed by atoms with Crippen molar-refractivity contribution in [2.24, 2.45) is 29.1 Å². The molecular weight excluding hydrogens is 435 g/mol. The Kier molecular flexibility index (Phi) is 5.01. The number of hydrogen-bond donors (Lipinski definition) is 1. The molecule has 34 heavy (non-hydrogen) atoms. The van der Waals surface area contributed by atoms with Gasteiger partial charge in [0, 0.05) is 17.4 Å². The fraction of sp³-hybridized carbons (Fsp3) is 0.643. The summed E-state index contributed by atoms with van der Waals surface area (Å²) in [6, 6.07) is 6.03. The van der Waals surface area contributed by atoms with E-state index >= 15 is 0 Å². The first-order valence-electron chi connectivity index (χ1n) is 12.7. The number of hydrogen-bond acceptors (Lipinski definition) is 5. The standard InChI is InChI=1S/C28H33FO5/c1-26-12-11-21-20-10-8-19(31)13-16(20)3-9-22(21)23(26)14-25-28(26,24(32)15-30)34-27(2,33-25)17-4-6-18(29)7-5-17/h4-7,13,20-23,25,30H,3,8-12,14-15H2,1-2H3/t20-,21+,22+,23-,25+,26-,27?,28+/m0/s1. The summed E-state index contributed by atoms with van der Waals surface area (Å²) >= 11 is 0. The molecule has 5 aliphatic rings. The Balaban J connectivity index is 1.37. The molecule has 0 bridgehead atoms. The fourth-order valence-corrected chi connectivity index (χ4v) is 8.63. The van der Waals surface area contributed by atoms with Gasteiger partial charge >= 0.3 is 0 Å². The van der Waals surface area contributed by atoms with Crippen molar-refractivity contribution in [3.63, 3.8) is 0 Å². The number of allylic oxidation sites excluding steroid dienone is 1. The minimum absolute atomic E-state index is 0.253. The van der Waals surface area contributed by atoms with Gasteiger partial charge in [0.15, 0.2) is 23.0 Å². The maximum atomic E-state index is 13.6. The minimum Gasteiger partial charge on any atom is -0.388 e. The SMILES string of the molecule is CC1(c2ccc(F)cc2)O[C@@H]2C[C@H]3[C@@H]4CCC5=CC(=O)CC[C@@H]5[C@H]4CC[C@]3(C)[C@]2(C(=O)CO)O1. The first-order chi connectivity index (χ1) is 16.2. The molecule has 1 unspecified atom stereocenters. The number of halogens is 1. The highest BCUT2D eigenvalue weighted by atomic mass is 19.1.